The molecule has 1 aromatic carbocycles. The molecule has 1 N–H and O–H groups in total. The van der Waals surface area contributed by atoms with E-state index in [1.54, 1.807) is 14.2 Å². The molecule has 1 heterocycles. The summed E-state index contributed by atoms with van der Waals surface area (Å²) < 4.78 is 23.1. The number of nitrogens with one attached hydrogen (secondary N) is 1. The molecule has 0 aromatic heterocycles. The van der Waals surface area contributed by atoms with Crippen LogP contribution in [0, 0.1) is 0 Å². The van der Waals surface area contributed by atoms with Crippen molar-refractivity contribution in [3.63, 3.8) is 0 Å². The lowest BCUT2D eigenvalue weighted by Crippen LogP contribution is -2.41. The number of benzene rings is 1. The molecule has 24 heavy (non-hydrogen) atoms. The summed E-state index contributed by atoms with van der Waals surface area (Å²) >= 11 is 0. The van der Waals surface area contributed by atoms with Gasteiger partial charge in [0.15, 0.2) is 0 Å². The van der Waals surface area contributed by atoms with Gasteiger partial charge in [-0.15, -0.1) is 0 Å². The second-order valence-corrected chi connectivity index (χ2v) is 6.95. The average Bonchev–Trinajstić information content (AvgIpc) is 2.75. The molecule has 2 rings (SSSR count). The Balaban J connectivity index is 2.36. The molecule has 5 nitrogen and oxygen atoms in total. The summed E-state index contributed by atoms with van der Waals surface area (Å²) in [5.74, 6) is 1.51. The lowest BCUT2D eigenvalue weighted by molar-refractivity contribution is 0.00578. The Morgan fingerprint density at radius 1 is 1.12 bits per heavy atom. The second-order valence-electron chi connectivity index (χ2n) is 6.95. The normalized spacial score (nSPS) is 19.5. The van der Waals surface area contributed by atoms with E-state index >= 15 is 0 Å². The van der Waals surface area contributed by atoms with Gasteiger partial charge in [-0.25, -0.2) is 0 Å². The molecule has 1 saturated heterocycles. The Kier molecular flexibility index (Phi) is 5.63. The van der Waals surface area contributed by atoms with Gasteiger partial charge in [0.2, 0.25) is 0 Å². The van der Waals surface area contributed by atoms with Gasteiger partial charge in [-0.05, 0) is 52.3 Å². The van der Waals surface area contributed by atoms with E-state index in [1.165, 1.54) is 0 Å². The first-order valence-corrected chi connectivity index (χ1v) is 8.17. The van der Waals surface area contributed by atoms with E-state index in [0.29, 0.717) is 6.54 Å². The molecular formula is C18H28BNO4. The largest absolute Gasteiger partial charge is 0.497 e. The van der Waals surface area contributed by atoms with Gasteiger partial charge in [-0.3, -0.25) is 0 Å². The molecule has 6 heteroatoms. The quantitative estimate of drug-likeness (QED) is 0.811. The Bertz CT molecular complexity index is 597. The van der Waals surface area contributed by atoms with Crippen LogP contribution in [0.1, 0.15) is 33.3 Å². The first kappa shape index (κ1) is 18.8. The predicted molar refractivity (Wildman–Crippen MR) is 97.5 cm³/mol. The fraction of sp³-hybridized carbons (Fsp3) is 0.556. The van der Waals surface area contributed by atoms with Crippen LogP contribution in [0.2, 0.25) is 0 Å². The first-order chi connectivity index (χ1) is 11.2. The maximum Gasteiger partial charge on any atom is 0.491 e. The zero-order valence-corrected chi connectivity index (χ0v) is 15.7. The molecule has 1 aromatic rings. The van der Waals surface area contributed by atoms with Crippen LogP contribution in [0.3, 0.4) is 0 Å². The minimum atomic E-state index is -0.394. The summed E-state index contributed by atoms with van der Waals surface area (Å²) in [6, 6.07) is 5.75. The van der Waals surface area contributed by atoms with E-state index in [0.717, 1.165) is 22.5 Å². The molecule has 0 saturated carbocycles. The van der Waals surface area contributed by atoms with Crippen molar-refractivity contribution in [3.8, 4) is 11.5 Å². The van der Waals surface area contributed by atoms with E-state index in [-0.39, 0.29) is 11.2 Å². The van der Waals surface area contributed by atoms with Crippen molar-refractivity contribution in [2.24, 2.45) is 0 Å². The zero-order chi connectivity index (χ0) is 18.0. The molecule has 0 atom stereocenters. The molecular weight excluding hydrogens is 305 g/mol. The number of hydrogen-bond donors (Lipinski definition) is 1. The van der Waals surface area contributed by atoms with Crippen LogP contribution in [0.4, 0.5) is 0 Å². The van der Waals surface area contributed by atoms with Crippen molar-refractivity contribution >= 4 is 13.2 Å². The smallest absolute Gasteiger partial charge is 0.491 e. The summed E-state index contributed by atoms with van der Waals surface area (Å²) in [5, 5.41) is 3.19. The van der Waals surface area contributed by atoms with Gasteiger partial charge in [0.25, 0.3) is 0 Å². The van der Waals surface area contributed by atoms with Crippen molar-refractivity contribution in [1.29, 1.82) is 0 Å². The third kappa shape index (κ3) is 3.77. The maximum absolute atomic E-state index is 6.17. The predicted octanol–water partition coefficient (Wildman–Crippen LogP) is 2.94. The highest BCUT2D eigenvalue weighted by Crippen LogP contribution is 2.39. The van der Waals surface area contributed by atoms with Crippen molar-refractivity contribution in [3.05, 3.63) is 29.2 Å². The van der Waals surface area contributed by atoms with Crippen LogP contribution in [0.15, 0.2) is 23.7 Å². The Labute approximate surface area is 145 Å². The van der Waals surface area contributed by atoms with Crippen LogP contribution >= 0.6 is 0 Å². The molecule has 132 valence electrons. The maximum atomic E-state index is 6.17. The number of hydrogen-bond acceptors (Lipinski definition) is 5. The first-order valence-electron chi connectivity index (χ1n) is 8.17. The fourth-order valence-corrected chi connectivity index (χ4v) is 2.54. The number of methoxy groups -OCH3 is 2. The summed E-state index contributed by atoms with van der Waals surface area (Å²) in [4.78, 5) is 0. The van der Waals surface area contributed by atoms with E-state index in [4.69, 9.17) is 18.8 Å². The van der Waals surface area contributed by atoms with Crippen LogP contribution < -0.4 is 14.8 Å². The van der Waals surface area contributed by atoms with Crippen molar-refractivity contribution in [1.82, 2.24) is 5.32 Å². The van der Waals surface area contributed by atoms with Gasteiger partial charge < -0.3 is 24.1 Å². The summed E-state index contributed by atoms with van der Waals surface area (Å²) in [6.07, 6.45) is 2.05. The highest BCUT2D eigenvalue weighted by molar-refractivity contribution is 6.56. The van der Waals surface area contributed by atoms with Crippen LogP contribution in [0.5, 0.6) is 11.5 Å². The Hall–Kier alpha value is -1.50. The minimum absolute atomic E-state index is 0.367. The SMILES string of the molecule is CNCC(=Cc1ccc(OC)cc1OC)B1OC(C)(C)C(C)(C)O1. The standard InChI is InChI=1S/C18H28BNO4/c1-17(2)18(3,4)24-19(23-17)14(12-20-5)10-13-8-9-15(21-6)11-16(13)22-7/h8-11,20H,12H2,1-7H3. The van der Waals surface area contributed by atoms with Gasteiger partial charge in [0, 0.05) is 18.2 Å². The van der Waals surface area contributed by atoms with E-state index < -0.39 is 7.12 Å². The van der Waals surface area contributed by atoms with E-state index in [9.17, 15) is 0 Å². The third-order valence-electron chi connectivity index (χ3n) is 4.72. The zero-order valence-electron chi connectivity index (χ0n) is 15.7. The fourth-order valence-electron chi connectivity index (χ4n) is 2.54. The summed E-state index contributed by atoms with van der Waals surface area (Å²) in [6.45, 7) is 8.87. The van der Waals surface area contributed by atoms with E-state index in [1.807, 2.05) is 25.2 Å². The Morgan fingerprint density at radius 2 is 1.75 bits per heavy atom. The summed E-state index contributed by atoms with van der Waals surface area (Å²) in [5.41, 5.74) is 1.24. The van der Waals surface area contributed by atoms with Crippen molar-refractivity contribution in [2.45, 2.75) is 38.9 Å². The second kappa shape index (κ2) is 7.17. The highest BCUT2D eigenvalue weighted by atomic mass is 16.7. The van der Waals surface area contributed by atoms with Gasteiger partial charge in [0.1, 0.15) is 11.5 Å². The molecule has 1 aliphatic rings. The third-order valence-corrected chi connectivity index (χ3v) is 4.72. The molecule has 0 spiro atoms. The lowest BCUT2D eigenvalue weighted by atomic mass is 9.77. The number of likely N-dealkylation sites (N-methyl/N-ethyl adjacent to an activating group) is 1. The molecule has 0 bridgehead atoms. The van der Waals surface area contributed by atoms with E-state index in [2.05, 4.69) is 39.1 Å². The van der Waals surface area contributed by atoms with Crippen molar-refractivity contribution in [2.75, 3.05) is 27.8 Å². The molecule has 0 amide bonds. The van der Waals surface area contributed by atoms with Crippen LogP contribution in [-0.4, -0.2) is 46.1 Å². The Morgan fingerprint density at radius 3 is 2.25 bits per heavy atom. The summed E-state index contributed by atoms with van der Waals surface area (Å²) in [7, 11) is 4.80. The average molecular weight is 333 g/mol. The monoisotopic (exact) mass is 333 g/mol. The molecule has 0 unspecified atom stereocenters. The molecule has 0 aliphatic carbocycles. The molecule has 1 fully saturated rings. The number of ether oxygens (including phenoxy) is 2. The van der Waals surface area contributed by atoms with Gasteiger partial charge >= 0.3 is 7.12 Å². The molecule has 0 radical (unpaired) electrons. The number of rotatable bonds is 6. The topological polar surface area (TPSA) is 49.0 Å². The van der Waals surface area contributed by atoms with Gasteiger partial charge in [0.05, 0.1) is 25.4 Å². The van der Waals surface area contributed by atoms with Crippen molar-refractivity contribution < 1.29 is 18.8 Å². The van der Waals surface area contributed by atoms with Crippen LogP contribution in [-0.2, 0) is 9.31 Å². The van der Waals surface area contributed by atoms with Gasteiger partial charge in [-0.1, -0.05) is 6.08 Å². The van der Waals surface area contributed by atoms with Gasteiger partial charge in [-0.2, -0.15) is 0 Å². The highest BCUT2D eigenvalue weighted by Gasteiger charge is 2.52. The molecule has 1 aliphatic heterocycles. The van der Waals surface area contributed by atoms with Crippen LogP contribution in [0.25, 0.3) is 6.08 Å². The lowest BCUT2D eigenvalue weighted by Gasteiger charge is -2.32. The minimum Gasteiger partial charge on any atom is -0.497 e.